The molecule has 0 radical (unpaired) electrons. The van der Waals surface area contributed by atoms with Gasteiger partial charge in [-0.15, -0.1) is 0 Å². The number of rotatable bonds is 8. The van der Waals surface area contributed by atoms with Gasteiger partial charge in [-0.05, 0) is 44.2 Å². The minimum atomic E-state index is 0.762. The van der Waals surface area contributed by atoms with Crippen LogP contribution in [0, 0.1) is 11.8 Å². The molecule has 1 saturated heterocycles. The van der Waals surface area contributed by atoms with Crippen molar-refractivity contribution in [3.8, 4) is 0 Å². The Morgan fingerprint density at radius 3 is 2.76 bits per heavy atom. The van der Waals surface area contributed by atoms with Crippen LogP contribution in [0.15, 0.2) is 4.99 Å². The van der Waals surface area contributed by atoms with Gasteiger partial charge in [0.2, 0.25) is 0 Å². The van der Waals surface area contributed by atoms with Gasteiger partial charge in [-0.2, -0.15) is 0 Å². The van der Waals surface area contributed by atoms with Gasteiger partial charge >= 0.3 is 0 Å². The van der Waals surface area contributed by atoms with Crippen molar-refractivity contribution in [2.45, 2.75) is 52.9 Å². The first-order valence-electron chi connectivity index (χ1n) is 8.82. The summed E-state index contributed by atoms with van der Waals surface area (Å²) >= 11 is 0. The van der Waals surface area contributed by atoms with E-state index in [1.807, 2.05) is 7.05 Å². The molecular weight excluding hydrogens is 260 g/mol. The summed E-state index contributed by atoms with van der Waals surface area (Å²) in [5.74, 6) is 2.54. The normalized spacial score (nSPS) is 20.8. The van der Waals surface area contributed by atoms with E-state index in [9.17, 15) is 0 Å². The Morgan fingerprint density at radius 1 is 1.29 bits per heavy atom. The Balaban J connectivity index is 2.13. The molecule has 0 saturated carbocycles. The molecule has 1 atom stereocenters. The molecular formula is C17H36N4. The molecule has 0 aliphatic carbocycles. The van der Waals surface area contributed by atoms with Crippen LogP contribution >= 0.6 is 0 Å². The van der Waals surface area contributed by atoms with Crippen molar-refractivity contribution in [1.29, 1.82) is 0 Å². The zero-order valence-corrected chi connectivity index (χ0v) is 14.6. The number of guanidine groups is 1. The molecule has 1 aliphatic rings. The molecule has 0 aromatic carbocycles. The van der Waals surface area contributed by atoms with Crippen molar-refractivity contribution >= 4 is 5.96 Å². The van der Waals surface area contributed by atoms with Gasteiger partial charge in [-0.1, -0.05) is 33.6 Å². The van der Waals surface area contributed by atoms with Gasteiger partial charge in [-0.3, -0.25) is 4.99 Å². The van der Waals surface area contributed by atoms with Crippen molar-refractivity contribution in [3.05, 3.63) is 0 Å². The average Bonchev–Trinajstić information content (AvgIpc) is 2.50. The number of hydrogen-bond donors (Lipinski definition) is 2. The Hall–Kier alpha value is -0.770. The first-order valence-corrected chi connectivity index (χ1v) is 8.82. The molecule has 1 rings (SSSR count). The molecule has 1 fully saturated rings. The summed E-state index contributed by atoms with van der Waals surface area (Å²) in [6, 6.07) is 0. The molecule has 21 heavy (non-hydrogen) atoms. The number of nitrogens with zero attached hydrogens (tertiary/aromatic N) is 2. The first kappa shape index (κ1) is 18.3. The van der Waals surface area contributed by atoms with E-state index in [4.69, 9.17) is 0 Å². The summed E-state index contributed by atoms with van der Waals surface area (Å²) in [7, 11) is 1.86. The van der Waals surface area contributed by atoms with Gasteiger partial charge in [0, 0.05) is 26.7 Å². The molecule has 4 nitrogen and oxygen atoms in total. The van der Waals surface area contributed by atoms with Crippen molar-refractivity contribution in [2.75, 3.05) is 39.8 Å². The highest BCUT2D eigenvalue weighted by Gasteiger charge is 2.18. The minimum Gasteiger partial charge on any atom is -0.356 e. The highest BCUT2D eigenvalue weighted by atomic mass is 15.2. The first-order chi connectivity index (χ1) is 10.2. The smallest absolute Gasteiger partial charge is 0.190 e. The van der Waals surface area contributed by atoms with Crippen LogP contribution in [0.4, 0.5) is 0 Å². The fraction of sp³-hybridized carbons (Fsp3) is 0.941. The van der Waals surface area contributed by atoms with Crippen LogP contribution in [0.2, 0.25) is 0 Å². The summed E-state index contributed by atoms with van der Waals surface area (Å²) < 4.78 is 0. The predicted molar refractivity (Wildman–Crippen MR) is 92.9 cm³/mol. The molecule has 124 valence electrons. The van der Waals surface area contributed by atoms with Crippen molar-refractivity contribution in [1.82, 2.24) is 15.5 Å². The highest BCUT2D eigenvalue weighted by molar-refractivity contribution is 5.79. The van der Waals surface area contributed by atoms with Gasteiger partial charge in [0.1, 0.15) is 0 Å². The Kier molecular flexibility index (Phi) is 9.48. The van der Waals surface area contributed by atoms with Crippen LogP contribution < -0.4 is 10.6 Å². The summed E-state index contributed by atoms with van der Waals surface area (Å²) in [4.78, 5) is 6.88. The Morgan fingerprint density at radius 2 is 2.10 bits per heavy atom. The lowest BCUT2D eigenvalue weighted by atomic mass is 9.98. The van der Waals surface area contributed by atoms with E-state index in [2.05, 4.69) is 41.3 Å². The molecule has 0 bridgehead atoms. The van der Waals surface area contributed by atoms with Crippen LogP contribution in [0.25, 0.3) is 0 Å². The van der Waals surface area contributed by atoms with Gasteiger partial charge in [-0.25, -0.2) is 0 Å². The lowest BCUT2D eigenvalue weighted by Gasteiger charge is -2.32. The molecule has 0 aromatic rings. The average molecular weight is 297 g/mol. The van der Waals surface area contributed by atoms with Crippen LogP contribution in [0.1, 0.15) is 52.9 Å². The maximum Gasteiger partial charge on any atom is 0.190 e. The number of nitrogens with one attached hydrogen (secondary N) is 2. The van der Waals surface area contributed by atoms with Crippen LogP contribution in [0.3, 0.4) is 0 Å². The highest BCUT2D eigenvalue weighted by Crippen LogP contribution is 2.15. The number of aliphatic imine (C=N–C) groups is 1. The molecule has 0 aromatic heterocycles. The van der Waals surface area contributed by atoms with E-state index in [1.165, 1.54) is 51.7 Å². The Bertz CT molecular complexity index is 289. The summed E-state index contributed by atoms with van der Waals surface area (Å²) in [6.07, 6.45) is 6.53. The van der Waals surface area contributed by atoms with Gasteiger partial charge < -0.3 is 15.5 Å². The lowest BCUT2D eigenvalue weighted by molar-refractivity contribution is 0.183. The topological polar surface area (TPSA) is 39.7 Å². The van der Waals surface area contributed by atoms with E-state index in [0.717, 1.165) is 30.9 Å². The predicted octanol–water partition coefficient (Wildman–Crippen LogP) is 2.71. The number of hydrogen-bond acceptors (Lipinski definition) is 2. The molecule has 0 amide bonds. The number of likely N-dealkylation sites (tertiary alicyclic amines) is 1. The van der Waals surface area contributed by atoms with E-state index < -0.39 is 0 Å². The van der Waals surface area contributed by atoms with Crippen molar-refractivity contribution in [2.24, 2.45) is 16.8 Å². The zero-order chi connectivity index (χ0) is 15.5. The fourth-order valence-corrected chi connectivity index (χ4v) is 2.95. The zero-order valence-electron chi connectivity index (χ0n) is 14.6. The van der Waals surface area contributed by atoms with Gasteiger partial charge in [0.05, 0.1) is 0 Å². The minimum absolute atomic E-state index is 0.762. The number of unbranched alkanes of at least 4 members (excludes halogenated alkanes) is 1. The van der Waals surface area contributed by atoms with Crippen molar-refractivity contribution < 1.29 is 0 Å². The summed E-state index contributed by atoms with van der Waals surface area (Å²) in [5, 5.41) is 6.93. The second kappa shape index (κ2) is 10.9. The second-order valence-electron chi connectivity index (χ2n) is 6.67. The molecule has 1 unspecified atom stereocenters. The third-order valence-electron chi connectivity index (χ3n) is 4.33. The Labute approximate surface area is 131 Å². The molecule has 1 aliphatic heterocycles. The third kappa shape index (κ3) is 8.30. The van der Waals surface area contributed by atoms with Crippen LogP contribution in [-0.2, 0) is 0 Å². The monoisotopic (exact) mass is 296 g/mol. The third-order valence-corrected chi connectivity index (χ3v) is 4.33. The SMILES string of the molecule is CCN1CCCC(CNC(=NC)NCCCCC(C)C)C1. The van der Waals surface area contributed by atoms with Crippen LogP contribution in [-0.4, -0.2) is 50.6 Å². The summed E-state index contributed by atoms with van der Waals surface area (Å²) in [5.41, 5.74) is 0. The maximum atomic E-state index is 4.33. The molecule has 1 heterocycles. The number of piperidine rings is 1. The van der Waals surface area contributed by atoms with Gasteiger partial charge in [0.25, 0.3) is 0 Å². The quantitative estimate of drug-likeness (QED) is 0.411. The van der Waals surface area contributed by atoms with E-state index >= 15 is 0 Å². The second-order valence-corrected chi connectivity index (χ2v) is 6.67. The summed E-state index contributed by atoms with van der Waals surface area (Å²) in [6.45, 7) is 12.6. The standard InChI is InChI=1S/C17H36N4/c1-5-21-12-8-10-16(14-21)13-20-17(18-4)19-11-7-6-9-15(2)3/h15-16H,5-14H2,1-4H3,(H2,18,19,20). The lowest BCUT2D eigenvalue weighted by Crippen LogP contribution is -2.44. The molecule has 2 N–H and O–H groups in total. The van der Waals surface area contributed by atoms with E-state index in [0.29, 0.717) is 0 Å². The largest absolute Gasteiger partial charge is 0.356 e. The van der Waals surface area contributed by atoms with Crippen LogP contribution in [0.5, 0.6) is 0 Å². The van der Waals surface area contributed by atoms with Gasteiger partial charge in [0.15, 0.2) is 5.96 Å². The fourth-order valence-electron chi connectivity index (χ4n) is 2.95. The molecule has 4 heteroatoms. The van der Waals surface area contributed by atoms with E-state index in [1.54, 1.807) is 0 Å². The van der Waals surface area contributed by atoms with E-state index in [-0.39, 0.29) is 0 Å². The maximum absolute atomic E-state index is 4.33. The van der Waals surface area contributed by atoms with Crippen molar-refractivity contribution in [3.63, 3.8) is 0 Å². The molecule has 0 spiro atoms.